The van der Waals surface area contributed by atoms with Gasteiger partial charge in [0.25, 0.3) is 0 Å². The van der Waals surface area contributed by atoms with E-state index in [0.717, 1.165) is 29.9 Å². The molecule has 0 amide bonds. The summed E-state index contributed by atoms with van der Waals surface area (Å²) in [7, 11) is 0. The minimum absolute atomic E-state index is 0.852. The molecule has 0 saturated carbocycles. The van der Waals surface area contributed by atoms with Gasteiger partial charge in [-0.05, 0) is 35.5 Å². The fourth-order valence-electron chi connectivity index (χ4n) is 1.20. The van der Waals surface area contributed by atoms with E-state index in [2.05, 4.69) is 51.5 Å². The Bertz CT molecular complexity index is 289. The number of anilines is 1. The summed E-state index contributed by atoms with van der Waals surface area (Å²) in [6, 6.07) is 2.09. The van der Waals surface area contributed by atoms with E-state index >= 15 is 0 Å². The molecule has 14 heavy (non-hydrogen) atoms. The summed E-state index contributed by atoms with van der Waals surface area (Å²) >= 11 is 3.42. The average Bonchev–Trinajstić information content (AvgIpc) is 2.18. The van der Waals surface area contributed by atoms with Crippen molar-refractivity contribution in [1.29, 1.82) is 0 Å². The van der Waals surface area contributed by atoms with Crippen LogP contribution < -0.4 is 10.6 Å². The Kier molecular flexibility index (Phi) is 4.90. The average molecular weight is 258 g/mol. The van der Waals surface area contributed by atoms with Crippen molar-refractivity contribution in [1.82, 2.24) is 10.3 Å². The Morgan fingerprint density at radius 3 is 2.79 bits per heavy atom. The van der Waals surface area contributed by atoms with E-state index in [1.807, 2.05) is 6.20 Å². The topological polar surface area (TPSA) is 37.0 Å². The van der Waals surface area contributed by atoms with Gasteiger partial charge in [0.05, 0.1) is 0 Å². The van der Waals surface area contributed by atoms with Crippen LogP contribution in [0.15, 0.2) is 16.7 Å². The largest absolute Gasteiger partial charge is 0.370 e. The van der Waals surface area contributed by atoms with E-state index in [1.165, 1.54) is 5.56 Å². The van der Waals surface area contributed by atoms with Gasteiger partial charge >= 0.3 is 0 Å². The van der Waals surface area contributed by atoms with Crippen molar-refractivity contribution >= 4 is 21.7 Å². The normalized spacial score (nSPS) is 10.2. The molecule has 0 fully saturated rings. The molecule has 0 bridgehead atoms. The lowest BCUT2D eigenvalue weighted by atomic mass is 10.2. The molecule has 0 atom stereocenters. The van der Waals surface area contributed by atoms with Gasteiger partial charge in [-0.25, -0.2) is 4.98 Å². The molecule has 1 heterocycles. The maximum absolute atomic E-state index is 4.32. The van der Waals surface area contributed by atoms with E-state index in [4.69, 9.17) is 0 Å². The fraction of sp³-hybridized carbons (Fsp3) is 0.500. The summed E-state index contributed by atoms with van der Waals surface area (Å²) in [5.41, 5.74) is 1.20. The lowest BCUT2D eigenvalue weighted by molar-refractivity contribution is 0.725. The molecule has 0 aliphatic carbocycles. The van der Waals surface area contributed by atoms with Crippen molar-refractivity contribution in [3.8, 4) is 0 Å². The molecule has 0 aliphatic heterocycles. The van der Waals surface area contributed by atoms with Crippen LogP contribution in [0.4, 0.5) is 5.82 Å². The maximum Gasteiger partial charge on any atom is 0.130 e. The molecule has 1 rings (SSSR count). The van der Waals surface area contributed by atoms with Crippen LogP contribution in [0.3, 0.4) is 0 Å². The van der Waals surface area contributed by atoms with E-state index in [0.29, 0.717) is 0 Å². The van der Waals surface area contributed by atoms with Gasteiger partial charge in [-0.2, -0.15) is 0 Å². The zero-order chi connectivity index (χ0) is 10.4. The molecule has 3 nitrogen and oxygen atoms in total. The number of halogens is 1. The highest BCUT2D eigenvalue weighted by atomic mass is 79.9. The first-order chi connectivity index (χ1) is 6.77. The molecular formula is C10H16BrN3. The number of hydrogen-bond acceptors (Lipinski definition) is 3. The molecule has 78 valence electrons. The molecule has 4 heteroatoms. The second kappa shape index (κ2) is 5.98. The molecule has 2 N–H and O–H groups in total. The highest BCUT2D eigenvalue weighted by molar-refractivity contribution is 9.10. The zero-order valence-electron chi connectivity index (χ0n) is 8.60. The first kappa shape index (κ1) is 11.5. The Hall–Kier alpha value is -0.610. The van der Waals surface area contributed by atoms with Crippen LogP contribution in [0.1, 0.15) is 19.4 Å². The number of hydrogen-bond donors (Lipinski definition) is 2. The summed E-state index contributed by atoms with van der Waals surface area (Å²) in [5.74, 6) is 0.969. The first-order valence-electron chi connectivity index (χ1n) is 4.87. The third kappa shape index (κ3) is 3.27. The highest BCUT2D eigenvalue weighted by Gasteiger charge is 2.02. The minimum atomic E-state index is 0.852. The Morgan fingerprint density at radius 1 is 1.36 bits per heavy atom. The van der Waals surface area contributed by atoms with Crippen LogP contribution in [-0.4, -0.2) is 18.1 Å². The van der Waals surface area contributed by atoms with Crippen LogP contribution in [0.25, 0.3) is 0 Å². The summed E-state index contributed by atoms with van der Waals surface area (Å²) < 4.78 is 1.02. The second-order valence-corrected chi connectivity index (χ2v) is 3.89. The second-order valence-electron chi connectivity index (χ2n) is 2.97. The molecule has 0 spiro atoms. The maximum atomic E-state index is 4.32. The Morgan fingerprint density at radius 2 is 2.14 bits per heavy atom. The van der Waals surface area contributed by atoms with Gasteiger partial charge in [-0.3, -0.25) is 0 Å². The minimum Gasteiger partial charge on any atom is -0.370 e. The van der Waals surface area contributed by atoms with Gasteiger partial charge in [0, 0.05) is 29.3 Å². The molecule has 1 aromatic rings. The Labute approximate surface area is 93.4 Å². The van der Waals surface area contributed by atoms with Gasteiger partial charge < -0.3 is 10.6 Å². The number of rotatable bonds is 5. The SMILES string of the molecule is CCNCc1cc(Br)cnc1NCC. The van der Waals surface area contributed by atoms with Crippen molar-refractivity contribution in [3.63, 3.8) is 0 Å². The van der Waals surface area contributed by atoms with E-state index in [-0.39, 0.29) is 0 Å². The fourth-order valence-corrected chi connectivity index (χ4v) is 1.58. The molecule has 0 unspecified atom stereocenters. The molecule has 1 aromatic heterocycles. The van der Waals surface area contributed by atoms with Gasteiger partial charge in [0.1, 0.15) is 5.82 Å². The predicted molar refractivity (Wildman–Crippen MR) is 63.5 cm³/mol. The van der Waals surface area contributed by atoms with E-state index in [9.17, 15) is 0 Å². The van der Waals surface area contributed by atoms with Crippen LogP contribution in [0.5, 0.6) is 0 Å². The number of aromatic nitrogens is 1. The van der Waals surface area contributed by atoms with Crippen molar-refractivity contribution in [2.45, 2.75) is 20.4 Å². The smallest absolute Gasteiger partial charge is 0.130 e. The van der Waals surface area contributed by atoms with Crippen LogP contribution in [0, 0.1) is 0 Å². The summed E-state index contributed by atoms with van der Waals surface area (Å²) in [6.07, 6.45) is 1.81. The third-order valence-corrected chi connectivity index (χ3v) is 2.28. The van der Waals surface area contributed by atoms with Gasteiger partial charge in [0.2, 0.25) is 0 Å². The quantitative estimate of drug-likeness (QED) is 0.851. The highest BCUT2D eigenvalue weighted by Crippen LogP contribution is 2.17. The number of nitrogens with zero attached hydrogens (tertiary/aromatic N) is 1. The first-order valence-corrected chi connectivity index (χ1v) is 5.66. The van der Waals surface area contributed by atoms with Gasteiger partial charge in [0.15, 0.2) is 0 Å². The zero-order valence-corrected chi connectivity index (χ0v) is 10.2. The van der Waals surface area contributed by atoms with Crippen molar-refractivity contribution in [2.24, 2.45) is 0 Å². The van der Waals surface area contributed by atoms with Crippen LogP contribution >= 0.6 is 15.9 Å². The summed E-state index contributed by atoms with van der Waals surface area (Å²) in [6.45, 7) is 6.89. The molecule has 0 aliphatic rings. The van der Waals surface area contributed by atoms with Crippen LogP contribution in [0.2, 0.25) is 0 Å². The monoisotopic (exact) mass is 257 g/mol. The van der Waals surface area contributed by atoms with Gasteiger partial charge in [-0.1, -0.05) is 6.92 Å². The molecule has 0 radical (unpaired) electrons. The van der Waals surface area contributed by atoms with Crippen molar-refractivity contribution in [3.05, 3.63) is 22.3 Å². The Balaban J connectivity index is 2.79. The van der Waals surface area contributed by atoms with Crippen molar-refractivity contribution in [2.75, 3.05) is 18.4 Å². The predicted octanol–water partition coefficient (Wildman–Crippen LogP) is 2.39. The standard InChI is InChI=1S/C10H16BrN3/c1-3-12-6-8-5-9(11)7-14-10(8)13-4-2/h5,7,12H,3-4,6H2,1-2H3,(H,13,14). The molecule has 0 saturated heterocycles. The van der Waals surface area contributed by atoms with E-state index < -0.39 is 0 Å². The lowest BCUT2D eigenvalue weighted by Crippen LogP contribution is -2.14. The number of pyridine rings is 1. The molecule has 0 aromatic carbocycles. The van der Waals surface area contributed by atoms with Gasteiger partial charge in [-0.15, -0.1) is 0 Å². The summed E-state index contributed by atoms with van der Waals surface area (Å²) in [4.78, 5) is 4.32. The summed E-state index contributed by atoms with van der Waals surface area (Å²) in [5, 5.41) is 6.53. The lowest BCUT2D eigenvalue weighted by Gasteiger charge is -2.10. The molecular weight excluding hydrogens is 242 g/mol. The number of nitrogens with one attached hydrogen (secondary N) is 2. The van der Waals surface area contributed by atoms with E-state index in [1.54, 1.807) is 0 Å². The van der Waals surface area contributed by atoms with Crippen LogP contribution in [-0.2, 0) is 6.54 Å². The van der Waals surface area contributed by atoms with Crippen molar-refractivity contribution < 1.29 is 0 Å². The third-order valence-electron chi connectivity index (χ3n) is 1.84.